The monoisotopic (exact) mass is 366 g/mol. The number of rotatable bonds is 4. The number of piperidine rings is 1. The van der Waals surface area contributed by atoms with Crippen molar-refractivity contribution in [3.8, 4) is 0 Å². The van der Waals surface area contributed by atoms with Gasteiger partial charge in [-0.3, -0.25) is 9.59 Å². The third kappa shape index (κ3) is 3.28. The van der Waals surface area contributed by atoms with Crippen LogP contribution in [-0.4, -0.2) is 55.1 Å². The molecule has 2 aliphatic heterocycles. The molecular formula is C17H22N2O5S. The van der Waals surface area contributed by atoms with E-state index in [0.29, 0.717) is 37.2 Å². The number of carboxylic acid groups (broad SMARTS) is 1. The molecule has 0 aromatic heterocycles. The summed E-state index contributed by atoms with van der Waals surface area (Å²) in [6.07, 6.45) is 0.933. The number of benzene rings is 1. The summed E-state index contributed by atoms with van der Waals surface area (Å²) in [6, 6.07) is 7.08. The van der Waals surface area contributed by atoms with Gasteiger partial charge < -0.3 is 10.0 Å². The van der Waals surface area contributed by atoms with Crippen LogP contribution in [0.4, 0.5) is 5.69 Å². The average molecular weight is 366 g/mol. The van der Waals surface area contributed by atoms with Gasteiger partial charge in [-0.15, -0.1) is 0 Å². The molecule has 2 aliphatic rings. The van der Waals surface area contributed by atoms with Gasteiger partial charge in [0, 0.05) is 31.2 Å². The first-order valence-electron chi connectivity index (χ1n) is 8.46. The van der Waals surface area contributed by atoms with Crippen molar-refractivity contribution in [2.75, 3.05) is 30.3 Å². The summed E-state index contributed by atoms with van der Waals surface area (Å²) in [5.74, 6) is -1.97. The summed E-state index contributed by atoms with van der Waals surface area (Å²) >= 11 is 0. The largest absolute Gasteiger partial charge is 0.481 e. The second kappa shape index (κ2) is 6.76. The number of carboxylic acids is 1. The molecule has 1 saturated heterocycles. The molecule has 1 amide bonds. The predicted octanol–water partition coefficient (Wildman–Crippen LogP) is 1.26. The van der Waals surface area contributed by atoms with Crippen molar-refractivity contribution in [2.45, 2.75) is 25.7 Å². The second-order valence-corrected chi connectivity index (χ2v) is 8.73. The number of fused-ring (bicyclic) bond motifs is 1. The van der Waals surface area contributed by atoms with Crippen molar-refractivity contribution < 1.29 is 23.1 Å². The lowest BCUT2D eigenvalue weighted by Gasteiger charge is -2.32. The number of carbonyl (C=O) groups excluding carboxylic acids is 1. The van der Waals surface area contributed by atoms with E-state index in [4.69, 9.17) is 0 Å². The molecule has 25 heavy (non-hydrogen) atoms. The highest BCUT2D eigenvalue weighted by Gasteiger charge is 2.40. The molecule has 0 aliphatic carbocycles. The third-order valence-electron chi connectivity index (χ3n) is 5.09. The molecule has 8 heteroatoms. The highest BCUT2D eigenvalue weighted by molar-refractivity contribution is 7.89. The quantitative estimate of drug-likeness (QED) is 0.866. The van der Waals surface area contributed by atoms with E-state index in [1.165, 1.54) is 4.31 Å². The summed E-state index contributed by atoms with van der Waals surface area (Å²) in [5.41, 5.74) is 1.32. The minimum Gasteiger partial charge on any atom is -0.481 e. The molecule has 7 nitrogen and oxygen atoms in total. The van der Waals surface area contributed by atoms with Crippen LogP contribution < -0.4 is 4.90 Å². The molecule has 1 N–H and O–H groups in total. The Morgan fingerprint density at radius 1 is 1.20 bits per heavy atom. The van der Waals surface area contributed by atoms with E-state index in [1.54, 1.807) is 36.1 Å². The fourth-order valence-electron chi connectivity index (χ4n) is 3.61. The van der Waals surface area contributed by atoms with Gasteiger partial charge in [-0.05, 0) is 31.4 Å². The third-order valence-corrected chi connectivity index (χ3v) is 6.98. The highest BCUT2D eigenvalue weighted by atomic mass is 32.2. The summed E-state index contributed by atoms with van der Waals surface area (Å²) < 4.78 is 25.3. The maximum Gasteiger partial charge on any atom is 0.312 e. The van der Waals surface area contributed by atoms with E-state index in [0.717, 1.165) is 0 Å². The second-order valence-electron chi connectivity index (χ2n) is 6.47. The molecule has 0 spiro atoms. The summed E-state index contributed by atoms with van der Waals surface area (Å²) in [7, 11) is -3.23. The summed E-state index contributed by atoms with van der Waals surface area (Å²) in [6.45, 7) is 2.43. The Balaban J connectivity index is 1.74. The Morgan fingerprint density at radius 3 is 2.44 bits per heavy atom. The molecule has 2 heterocycles. The van der Waals surface area contributed by atoms with Crippen LogP contribution in [0.3, 0.4) is 0 Å². The van der Waals surface area contributed by atoms with Gasteiger partial charge in [-0.25, -0.2) is 12.7 Å². The van der Waals surface area contributed by atoms with Crippen LogP contribution in [0.5, 0.6) is 0 Å². The molecule has 3 rings (SSSR count). The first-order valence-corrected chi connectivity index (χ1v) is 10.1. The SMILES string of the molecule is CCS(=O)(=O)N1CCC(C(=O)N2CC(C(=O)O)c3ccccc32)CC1. The van der Waals surface area contributed by atoms with Gasteiger partial charge in [0.25, 0.3) is 0 Å². The molecule has 0 radical (unpaired) electrons. The van der Waals surface area contributed by atoms with Crippen molar-refractivity contribution in [1.82, 2.24) is 4.31 Å². The maximum absolute atomic E-state index is 12.9. The molecule has 0 bridgehead atoms. The number of hydrogen-bond donors (Lipinski definition) is 1. The maximum atomic E-state index is 12.9. The van der Waals surface area contributed by atoms with Crippen LogP contribution in [0, 0.1) is 5.92 Å². The van der Waals surface area contributed by atoms with Crippen LogP contribution in [0.25, 0.3) is 0 Å². The number of anilines is 1. The van der Waals surface area contributed by atoms with E-state index >= 15 is 0 Å². The highest BCUT2D eigenvalue weighted by Crippen LogP contribution is 2.38. The normalized spacial score (nSPS) is 22.0. The zero-order chi connectivity index (χ0) is 18.2. The van der Waals surface area contributed by atoms with Gasteiger partial charge in [0.15, 0.2) is 0 Å². The number of nitrogens with zero attached hydrogens (tertiary/aromatic N) is 2. The minimum absolute atomic E-state index is 0.0609. The molecular weight excluding hydrogens is 344 g/mol. The zero-order valence-electron chi connectivity index (χ0n) is 14.1. The number of amides is 1. The van der Waals surface area contributed by atoms with Crippen LogP contribution in [0.15, 0.2) is 24.3 Å². The number of aliphatic carboxylic acids is 1. The van der Waals surface area contributed by atoms with Crippen LogP contribution in [-0.2, 0) is 19.6 Å². The Labute approximate surface area is 147 Å². The van der Waals surface area contributed by atoms with Crippen LogP contribution in [0.1, 0.15) is 31.2 Å². The van der Waals surface area contributed by atoms with Crippen molar-refractivity contribution in [2.24, 2.45) is 5.92 Å². The van der Waals surface area contributed by atoms with Gasteiger partial charge in [0.1, 0.15) is 5.92 Å². The lowest BCUT2D eigenvalue weighted by Crippen LogP contribution is -2.44. The molecule has 0 saturated carbocycles. The van der Waals surface area contributed by atoms with Gasteiger partial charge in [0.2, 0.25) is 15.9 Å². The fraction of sp³-hybridized carbons (Fsp3) is 0.529. The van der Waals surface area contributed by atoms with Crippen LogP contribution in [0.2, 0.25) is 0 Å². The van der Waals surface area contributed by atoms with Gasteiger partial charge in [-0.1, -0.05) is 18.2 Å². The first kappa shape index (κ1) is 17.9. The van der Waals surface area contributed by atoms with Crippen molar-refractivity contribution in [1.29, 1.82) is 0 Å². The van der Waals surface area contributed by atoms with E-state index in [1.807, 2.05) is 0 Å². The molecule has 1 aromatic rings. The zero-order valence-corrected chi connectivity index (χ0v) is 14.9. The Bertz CT molecular complexity index is 784. The Kier molecular flexibility index (Phi) is 4.83. The number of carbonyl (C=O) groups is 2. The Morgan fingerprint density at radius 2 is 1.84 bits per heavy atom. The predicted molar refractivity (Wildman–Crippen MR) is 92.9 cm³/mol. The van der Waals surface area contributed by atoms with Crippen molar-refractivity contribution >= 4 is 27.6 Å². The molecule has 1 fully saturated rings. The number of hydrogen-bond acceptors (Lipinski definition) is 4. The van der Waals surface area contributed by atoms with E-state index < -0.39 is 21.9 Å². The van der Waals surface area contributed by atoms with E-state index in [9.17, 15) is 23.1 Å². The lowest BCUT2D eigenvalue weighted by atomic mass is 9.96. The first-order chi connectivity index (χ1) is 11.8. The average Bonchev–Trinajstić information content (AvgIpc) is 3.01. The fourth-order valence-corrected chi connectivity index (χ4v) is 4.74. The summed E-state index contributed by atoms with van der Waals surface area (Å²) in [5, 5.41) is 9.41. The van der Waals surface area contributed by atoms with Crippen molar-refractivity contribution in [3.63, 3.8) is 0 Å². The lowest BCUT2D eigenvalue weighted by molar-refractivity contribution is -0.138. The molecule has 1 atom stereocenters. The number of sulfonamides is 1. The summed E-state index contributed by atoms with van der Waals surface area (Å²) in [4.78, 5) is 26.0. The van der Waals surface area contributed by atoms with Gasteiger partial charge in [0.05, 0.1) is 5.75 Å². The Hall–Kier alpha value is -1.93. The van der Waals surface area contributed by atoms with Crippen LogP contribution >= 0.6 is 0 Å². The topological polar surface area (TPSA) is 95.0 Å². The van der Waals surface area contributed by atoms with Crippen molar-refractivity contribution in [3.05, 3.63) is 29.8 Å². The molecule has 136 valence electrons. The smallest absolute Gasteiger partial charge is 0.312 e. The molecule has 1 unspecified atom stereocenters. The van der Waals surface area contributed by atoms with Gasteiger partial charge >= 0.3 is 5.97 Å². The van der Waals surface area contributed by atoms with Gasteiger partial charge in [-0.2, -0.15) is 0 Å². The number of para-hydroxylation sites is 1. The molecule has 1 aromatic carbocycles. The van der Waals surface area contributed by atoms with E-state index in [-0.39, 0.29) is 24.1 Å². The standard InChI is InChI=1S/C17H22N2O5S/c1-2-25(23,24)18-9-7-12(8-10-18)16(20)19-11-14(17(21)22)13-5-3-4-6-15(13)19/h3-6,12,14H,2,7-11H2,1H3,(H,21,22). The minimum atomic E-state index is -3.23. The van der Waals surface area contributed by atoms with E-state index in [2.05, 4.69) is 0 Å².